The number of rotatable bonds is 4. The van der Waals surface area contributed by atoms with E-state index in [4.69, 9.17) is 0 Å². The van der Waals surface area contributed by atoms with Gasteiger partial charge < -0.3 is 15.5 Å². The Kier molecular flexibility index (Phi) is 4.36. The van der Waals surface area contributed by atoms with Crippen LogP contribution in [0, 0.1) is 5.41 Å². The predicted octanol–water partition coefficient (Wildman–Crippen LogP) is 0.754. The Labute approximate surface area is 81.2 Å². The molecule has 2 atom stereocenters. The summed E-state index contributed by atoms with van der Waals surface area (Å²) >= 11 is 0. The van der Waals surface area contributed by atoms with Crippen molar-refractivity contribution in [1.82, 2.24) is 5.32 Å². The molecule has 3 N–H and O–H groups in total. The smallest absolute Gasteiger partial charge is 0.0692 e. The lowest BCUT2D eigenvalue weighted by atomic mass is 9.74. The first-order chi connectivity index (χ1) is 5.70. The molecule has 0 heterocycles. The number of hydrogen-bond donors (Lipinski definition) is 3. The van der Waals surface area contributed by atoms with Crippen molar-refractivity contribution in [2.24, 2.45) is 5.41 Å². The van der Waals surface area contributed by atoms with Crippen molar-refractivity contribution in [1.29, 1.82) is 0 Å². The van der Waals surface area contributed by atoms with Crippen molar-refractivity contribution >= 4 is 0 Å². The monoisotopic (exact) mass is 189 g/mol. The maximum atomic E-state index is 10.1. The molecule has 0 aliphatic heterocycles. The average Bonchev–Trinajstić information content (AvgIpc) is 1.83. The maximum absolute atomic E-state index is 10.1. The molecule has 0 aliphatic rings. The number of aliphatic hydroxyl groups excluding tert-OH is 1. The minimum atomic E-state index is -0.830. The molecule has 0 radical (unpaired) electrons. The van der Waals surface area contributed by atoms with E-state index in [0.717, 1.165) is 0 Å². The summed E-state index contributed by atoms with van der Waals surface area (Å²) in [5.41, 5.74) is -1.04. The van der Waals surface area contributed by atoms with E-state index in [9.17, 15) is 10.2 Å². The summed E-state index contributed by atoms with van der Waals surface area (Å²) in [5, 5.41) is 22.5. The molecule has 3 nitrogen and oxygen atoms in total. The van der Waals surface area contributed by atoms with Gasteiger partial charge in [-0.2, -0.15) is 0 Å². The molecule has 0 bridgehead atoms. The van der Waals surface area contributed by atoms with Crippen molar-refractivity contribution < 1.29 is 10.2 Å². The first kappa shape index (κ1) is 12.9. The topological polar surface area (TPSA) is 52.5 Å². The van der Waals surface area contributed by atoms with Crippen LogP contribution in [-0.4, -0.2) is 35.5 Å². The molecule has 0 saturated heterocycles. The highest BCUT2D eigenvalue weighted by Gasteiger charge is 2.36. The van der Waals surface area contributed by atoms with E-state index in [-0.39, 0.29) is 5.41 Å². The molecule has 3 heteroatoms. The van der Waals surface area contributed by atoms with Crippen molar-refractivity contribution in [3.63, 3.8) is 0 Å². The Morgan fingerprint density at radius 1 is 1.23 bits per heavy atom. The van der Waals surface area contributed by atoms with Crippen LogP contribution < -0.4 is 5.32 Å². The van der Waals surface area contributed by atoms with Gasteiger partial charge in [-0.3, -0.25) is 0 Å². The van der Waals surface area contributed by atoms with Crippen LogP contribution in [0.5, 0.6) is 0 Å². The molecule has 80 valence electrons. The van der Waals surface area contributed by atoms with E-state index < -0.39 is 11.7 Å². The zero-order chi connectivity index (χ0) is 10.7. The van der Waals surface area contributed by atoms with Crippen molar-refractivity contribution in [3.8, 4) is 0 Å². The summed E-state index contributed by atoms with van der Waals surface area (Å²) in [7, 11) is 1.79. The van der Waals surface area contributed by atoms with Gasteiger partial charge >= 0.3 is 0 Å². The highest BCUT2D eigenvalue weighted by Crippen LogP contribution is 2.33. The molecule has 0 aromatic carbocycles. The second-order valence-electron chi connectivity index (χ2n) is 4.94. The molecular weight excluding hydrogens is 166 g/mol. The van der Waals surface area contributed by atoms with E-state index in [1.807, 2.05) is 20.8 Å². The highest BCUT2D eigenvalue weighted by atomic mass is 16.3. The molecule has 0 aliphatic carbocycles. The van der Waals surface area contributed by atoms with E-state index in [1.165, 1.54) is 0 Å². The van der Waals surface area contributed by atoms with E-state index in [2.05, 4.69) is 5.32 Å². The quantitative estimate of drug-likeness (QED) is 0.612. The maximum Gasteiger partial charge on any atom is 0.0692 e. The Hall–Kier alpha value is -0.120. The summed E-state index contributed by atoms with van der Waals surface area (Å²) in [6.45, 7) is 8.20. The van der Waals surface area contributed by atoms with Gasteiger partial charge in [0.2, 0.25) is 0 Å². The zero-order valence-corrected chi connectivity index (χ0v) is 9.39. The van der Waals surface area contributed by atoms with Gasteiger partial charge in [0.1, 0.15) is 0 Å². The van der Waals surface area contributed by atoms with Crippen LogP contribution in [0.15, 0.2) is 0 Å². The lowest BCUT2D eigenvalue weighted by molar-refractivity contribution is -0.0734. The summed E-state index contributed by atoms with van der Waals surface area (Å²) in [4.78, 5) is 0. The third kappa shape index (κ3) is 4.07. The van der Waals surface area contributed by atoms with Gasteiger partial charge in [0.25, 0.3) is 0 Å². The van der Waals surface area contributed by atoms with Crippen molar-refractivity contribution in [2.45, 2.75) is 45.8 Å². The lowest BCUT2D eigenvalue weighted by Gasteiger charge is -2.38. The summed E-state index contributed by atoms with van der Waals surface area (Å²) in [5.74, 6) is 0. The van der Waals surface area contributed by atoms with Gasteiger partial charge in [-0.25, -0.2) is 0 Å². The van der Waals surface area contributed by atoms with Crippen LogP contribution in [0.4, 0.5) is 0 Å². The zero-order valence-electron chi connectivity index (χ0n) is 9.39. The molecule has 0 spiro atoms. The summed E-state index contributed by atoms with van der Waals surface area (Å²) < 4.78 is 0. The lowest BCUT2D eigenvalue weighted by Crippen LogP contribution is -2.44. The summed E-state index contributed by atoms with van der Waals surface area (Å²) in [6.07, 6.45) is -0.0867. The number of likely N-dealkylation sites (N-methyl/N-ethyl adjacent to an activating group) is 1. The van der Waals surface area contributed by atoms with Crippen LogP contribution in [-0.2, 0) is 0 Å². The van der Waals surface area contributed by atoms with E-state index in [1.54, 1.807) is 14.0 Å². The molecule has 0 fully saturated rings. The van der Waals surface area contributed by atoms with Crippen LogP contribution in [0.3, 0.4) is 0 Å². The largest absolute Gasteiger partial charge is 0.392 e. The highest BCUT2D eigenvalue weighted by molar-refractivity contribution is 4.88. The Balaban J connectivity index is 4.17. The van der Waals surface area contributed by atoms with Crippen molar-refractivity contribution in [2.75, 3.05) is 13.6 Å². The molecule has 0 rings (SSSR count). The van der Waals surface area contributed by atoms with Gasteiger partial charge in [-0.1, -0.05) is 20.8 Å². The first-order valence-corrected chi connectivity index (χ1v) is 4.76. The van der Waals surface area contributed by atoms with E-state index >= 15 is 0 Å². The first-order valence-electron chi connectivity index (χ1n) is 4.76. The van der Waals surface area contributed by atoms with Gasteiger partial charge in [-0.05, 0) is 19.4 Å². The third-order valence-electron chi connectivity index (χ3n) is 2.69. The van der Waals surface area contributed by atoms with Crippen LogP contribution in [0.25, 0.3) is 0 Å². The molecular formula is C10H23NO2. The minimum Gasteiger partial charge on any atom is -0.392 e. The fraction of sp³-hybridized carbons (Fsp3) is 1.00. The molecule has 0 unspecified atom stereocenters. The summed E-state index contributed by atoms with van der Waals surface area (Å²) in [6, 6.07) is 0. The van der Waals surface area contributed by atoms with Crippen LogP contribution in [0.2, 0.25) is 0 Å². The standard InChI is InChI=1S/C10H23NO2/c1-9(2,3)10(4,13)6-8(12)7-11-5/h8,11-13H,6-7H2,1-5H3/t8-,10-/m0/s1. The number of nitrogens with one attached hydrogen (secondary N) is 1. The van der Waals surface area contributed by atoms with Gasteiger partial charge in [-0.15, -0.1) is 0 Å². The SMILES string of the molecule is CNC[C@@H](O)C[C@](C)(O)C(C)(C)C. The fourth-order valence-electron chi connectivity index (χ4n) is 1.07. The minimum absolute atomic E-state index is 0.207. The van der Waals surface area contributed by atoms with E-state index in [0.29, 0.717) is 13.0 Å². The number of hydrogen-bond acceptors (Lipinski definition) is 3. The number of aliphatic hydroxyl groups is 2. The second kappa shape index (κ2) is 4.40. The molecule has 0 aromatic heterocycles. The van der Waals surface area contributed by atoms with Crippen molar-refractivity contribution in [3.05, 3.63) is 0 Å². The van der Waals surface area contributed by atoms with Gasteiger partial charge in [0.05, 0.1) is 11.7 Å². The second-order valence-corrected chi connectivity index (χ2v) is 4.94. The van der Waals surface area contributed by atoms with Gasteiger partial charge in [0.15, 0.2) is 0 Å². The Morgan fingerprint density at radius 3 is 2.00 bits per heavy atom. The Morgan fingerprint density at radius 2 is 1.69 bits per heavy atom. The fourth-order valence-corrected chi connectivity index (χ4v) is 1.07. The molecule has 0 aromatic rings. The molecule has 0 saturated carbocycles. The third-order valence-corrected chi connectivity index (χ3v) is 2.69. The normalized spacial score (nSPS) is 19.6. The van der Waals surface area contributed by atoms with Crippen LogP contribution in [0.1, 0.15) is 34.1 Å². The Bertz CT molecular complexity index is 149. The molecule has 0 amide bonds. The van der Waals surface area contributed by atoms with Crippen LogP contribution >= 0.6 is 0 Å². The average molecular weight is 189 g/mol. The predicted molar refractivity (Wildman–Crippen MR) is 54.6 cm³/mol. The van der Waals surface area contributed by atoms with Gasteiger partial charge in [0, 0.05) is 13.0 Å². The molecule has 13 heavy (non-hydrogen) atoms.